The number of nitrogens with zero attached hydrogens (tertiary/aromatic N) is 3. The maximum Gasteiger partial charge on any atom is 0.331 e. The van der Waals surface area contributed by atoms with Crippen LogP contribution in [0, 0.1) is 10.1 Å². The van der Waals surface area contributed by atoms with Gasteiger partial charge in [0.25, 0.3) is 5.69 Å². The molecule has 0 amide bonds. The van der Waals surface area contributed by atoms with Crippen LogP contribution in [0.25, 0.3) is 21.8 Å². The number of aromatic nitrogens is 1. The molecule has 146 valence electrons. The van der Waals surface area contributed by atoms with Gasteiger partial charge in [-0.15, -0.1) is 0 Å². The number of hydrogen-bond acceptors (Lipinski definition) is 6. The number of thioether (sulfide) groups is 1. The van der Waals surface area contributed by atoms with Crippen LogP contribution in [0.2, 0.25) is 0 Å². The fourth-order valence-corrected chi connectivity index (χ4v) is 3.76. The third-order valence-electron chi connectivity index (χ3n) is 4.45. The normalized spacial score (nSPS) is 11.9. The summed E-state index contributed by atoms with van der Waals surface area (Å²) in [7, 11) is 0. The lowest BCUT2D eigenvalue weighted by Crippen LogP contribution is -2.01. The molecule has 0 spiro atoms. The average Bonchev–Trinajstić information content (AvgIpc) is 2.98. The van der Waals surface area contributed by atoms with Crippen LogP contribution in [0.15, 0.2) is 41.6 Å². The molecule has 1 aromatic heterocycles. The van der Waals surface area contributed by atoms with Gasteiger partial charge < -0.3 is 9.40 Å². The van der Waals surface area contributed by atoms with Crippen molar-refractivity contribution in [2.45, 2.75) is 27.3 Å². The Kier molecular flexibility index (Phi) is 5.99. The molecule has 0 aliphatic heterocycles. The van der Waals surface area contributed by atoms with Gasteiger partial charge in [-0.2, -0.15) is 11.8 Å². The minimum atomic E-state index is -0.485. The molecule has 0 fully saturated rings. The predicted molar refractivity (Wildman–Crippen MR) is 113 cm³/mol. The second-order valence-corrected chi connectivity index (χ2v) is 7.69. The Morgan fingerprint density at radius 1 is 1.18 bits per heavy atom. The van der Waals surface area contributed by atoms with Crippen molar-refractivity contribution >= 4 is 50.9 Å². The van der Waals surface area contributed by atoms with E-state index in [1.165, 1.54) is 6.92 Å². The van der Waals surface area contributed by atoms with Crippen LogP contribution in [-0.2, 0) is 16.2 Å². The van der Waals surface area contributed by atoms with E-state index in [4.69, 9.17) is 4.84 Å². The molecule has 0 unspecified atom stereocenters. The summed E-state index contributed by atoms with van der Waals surface area (Å²) in [6.07, 6.45) is 0. The Bertz CT molecular complexity index is 1090. The van der Waals surface area contributed by atoms with Gasteiger partial charge in [-0.05, 0) is 36.4 Å². The number of fused-ring (bicyclic) bond motifs is 3. The first-order valence-electron chi connectivity index (χ1n) is 8.93. The molecular formula is C20H21N3O4S. The molecule has 8 heteroatoms. The van der Waals surface area contributed by atoms with Crippen LogP contribution < -0.4 is 0 Å². The van der Waals surface area contributed by atoms with E-state index in [9.17, 15) is 14.9 Å². The highest BCUT2D eigenvalue weighted by molar-refractivity contribution is 7.99. The number of hydrogen-bond donors (Lipinski definition) is 0. The van der Waals surface area contributed by atoms with E-state index in [0.717, 1.165) is 45.4 Å². The zero-order chi connectivity index (χ0) is 20.3. The lowest BCUT2D eigenvalue weighted by atomic mass is 10.1. The van der Waals surface area contributed by atoms with Gasteiger partial charge in [0.15, 0.2) is 0 Å². The minimum absolute atomic E-state index is 0.0604. The molecule has 7 nitrogen and oxygen atoms in total. The molecule has 2 aromatic carbocycles. The average molecular weight is 399 g/mol. The summed E-state index contributed by atoms with van der Waals surface area (Å²) in [5, 5.41) is 16.8. The van der Waals surface area contributed by atoms with Gasteiger partial charge in [0, 0.05) is 53.2 Å². The first-order valence-corrected chi connectivity index (χ1v) is 10.1. The van der Waals surface area contributed by atoms with Gasteiger partial charge in [-0.25, -0.2) is 4.79 Å². The van der Waals surface area contributed by atoms with Crippen LogP contribution >= 0.6 is 11.8 Å². The van der Waals surface area contributed by atoms with Crippen LogP contribution in [-0.4, -0.2) is 32.7 Å². The van der Waals surface area contributed by atoms with Gasteiger partial charge in [0.2, 0.25) is 0 Å². The zero-order valence-corrected chi connectivity index (χ0v) is 16.8. The molecule has 28 heavy (non-hydrogen) atoms. The summed E-state index contributed by atoms with van der Waals surface area (Å²) in [6.45, 7) is 5.98. The zero-order valence-electron chi connectivity index (χ0n) is 16.0. The topological polar surface area (TPSA) is 86.7 Å². The molecule has 0 bridgehead atoms. The Morgan fingerprint density at radius 2 is 1.86 bits per heavy atom. The third-order valence-corrected chi connectivity index (χ3v) is 5.33. The number of rotatable bonds is 7. The molecule has 0 radical (unpaired) electrons. The molecular weight excluding hydrogens is 378 g/mol. The van der Waals surface area contributed by atoms with E-state index in [1.807, 2.05) is 36.0 Å². The van der Waals surface area contributed by atoms with Gasteiger partial charge in [-0.1, -0.05) is 18.1 Å². The van der Waals surface area contributed by atoms with Crippen LogP contribution in [0.3, 0.4) is 0 Å². The van der Waals surface area contributed by atoms with E-state index in [0.29, 0.717) is 5.71 Å². The predicted octanol–water partition coefficient (Wildman–Crippen LogP) is 4.74. The van der Waals surface area contributed by atoms with Crippen molar-refractivity contribution in [3.8, 4) is 0 Å². The van der Waals surface area contributed by atoms with E-state index in [2.05, 4.69) is 16.6 Å². The van der Waals surface area contributed by atoms with Gasteiger partial charge >= 0.3 is 5.97 Å². The number of non-ortho nitro benzene ring substituents is 1. The van der Waals surface area contributed by atoms with Crippen molar-refractivity contribution in [1.29, 1.82) is 0 Å². The van der Waals surface area contributed by atoms with Gasteiger partial charge in [0.05, 0.1) is 10.6 Å². The van der Waals surface area contributed by atoms with Crippen molar-refractivity contribution in [3.63, 3.8) is 0 Å². The summed E-state index contributed by atoms with van der Waals surface area (Å²) in [4.78, 5) is 26.6. The second-order valence-electron chi connectivity index (χ2n) is 6.30. The first-order chi connectivity index (χ1) is 13.4. The second kappa shape index (κ2) is 8.43. The van der Waals surface area contributed by atoms with Crippen molar-refractivity contribution in [2.75, 3.05) is 11.5 Å². The number of benzene rings is 2. The lowest BCUT2D eigenvalue weighted by Gasteiger charge is -2.07. The smallest absolute Gasteiger partial charge is 0.331 e. The molecule has 0 aliphatic rings. The monoisotopic (exact) mass is 399 g/mol. The van der Waals surface area contributed by atoms with Crippen molar-refractivity contribution in [2.24, 2.45) is 5.16 Å². The molecule has 3 aromatic rings. The number of nitro benzene ring substituents is 1. The highest BCUT2D eigenvalue weighted by atomic mass is 32.2. The maximum atomic E-state index is 11.3. The number of carbonyl (C=O) groups is 1. The summed E-state index contributed by atoms with van der Waals surface area (Å²) in [5.74, 6) is 1.51. The molecule has 0 saturated carbocycles. The Labute approximate surface area is 166 Å². The fourth-order valence-electron chi connectivity index (χ4n) is 3.16. The SMILES string of the molecule is CCSCCn1c2ccc(C(C)=NOC(C)=O)cc2c2cc([N+](=O)[O-])ccc21. The largest absolute Gasteiger partial charge is 0.340 e. The van der Waals surface area contributed by atoms with Crippen LogP contribution in [0.4, 0.5) is 5.69 Å². The molecule has 0 N–H and O–H groups in total. The molecule has 0 aliphatic carbocycles. The molecule has 0 saturated heterocycles. The number of aryl methyl sites for hydroxylation is 1. The summed E-state index contributed by atoms with van der Waals surface area (Å²) >= 11 is 1.85. The van der Waals surface area contributed by atoms with Crippen LogP contribution in [0.1, 0.15) is 26.3 Å². The van der Waals surface area contributed by atoms with E-state index in [-0.39, 0.29) is 10.6 Å². The number of oxime groups is 1. The Hall–Kier alpha value is -2.87. The quantitative estimate of drug-likeness (QED) is 0.188. The lowest BCUT2D eigenvalue weighted by molar-refractivity contribution is -0.384. The fraction of sp³-hybridized carbons (Fsp3) is 0.300. The third kappa shape index (κ3) is 4.01. The van der Waals surface area contributed by atoms with Gasteiger partial charge in [-0.3, -0.25) is 10.1 Å². The van der Waals surface area contributed by atoms with Gasteiger partial charge in [0.1, 0.15) is 0 Å². The number of carbonyl (C=O) groups excluding carboxylic acids is 1. The molecule has 0 atom stereocenters. The van der Waals surface area contributed by atoms with Crippen molar-refractivity contribution in [1.82, 2.24) is 4.57 Å². The minimum Gasteiger partial charge on any atom is -0.340 e. The highest BCUT2D eigenvalue weighted by Gasteiger charge is 2.15. The highest BCUT2D eigenvalue weighted by Crippen LogP contribution is 2.33. The van der Waals surface area contributed by atoms with Crippen LogP contribution in [0.5, 0.6) is 0 Å². The number of nitro groups is 1. The van der Waals surface area contributed by atoms with E-state index in [1.54, 1.807) is 19.1 Å². The Balaban J connectivity index is 2.18. The summed E-state index contributed by atoms with van der Waals surface area (Å²) < 4.78 is 2.19. The first kappa shape index (κ1) is 19.9. The summed E-state index contributed by atoms with van der Waals surface area (Å²) in [5.41, 5.74) is 3.39. The van der Waals surface area contributed by atoms with Crippen molar-refractivity contribution in [3.05, 3.63) is 52.1 Å². The molecule has 3 rings (SSSR count). The standard InChI is InChI=1S/C20H21N3O4S/c1-4-28-10-9-22-19-7-5-15(13(2)21-27-14(3)24)11-17(19)18-12-16(23(25)26)6-8-20(18)22/h5-8,11-12H,4,9-10H2,1-3H3. The van der Waals surface area contributed by atoms with E-state index < -0.39 is 5.97 Å². The van der Waals surface area contributed by atoms with E-state index >= 15 is 0 Å². The summed E-state index contributed by atoms with van der Waals surface area (Å²) in [6, 6.07) is 10.8. The molecule has 1 heterocycles. The van der Waals surface area contributed by atoms with Crippen molar-refractivity contribution < 1.29 is 14.6 Å². The Morgan fingerprint density at radius 3 is 2.50 bits per heavy atom. The maximum absolute atomic E-state index is 11.3.